The smallest absolute Gasteiger partial charge is 0.0738 e. The van der Waals surface area contributed by atoms with Crippen LogP contribution in [0.2, 0.25) is 5.02 Å². The predicted molar refractivity (Wildman–Crippen MR) is 64.5 cm³/mol. The summed E-state index contributed by atoms with van der Waals surface area (Å²) in [5, 5.41) is 0.784. The zero-order valence-corrected chi connectivity index (χ0v) is 10.3. The average molecular weight is 228 g/mol. The maximum atomic E-state index is 5.93. The Bertz CT molecular complexity index is 301. The van der Waals surface area contributed by atoms with Gasteiger partial charge in [-0.05, 0) is 38.2 Å². The molecule has 84 valence electrons. The van der Waals surface area contributed by atoms with Gasteiger partial charge in [-0.25, -0.2) is 0 Å². The number of hydrogen-bond donors (Lipinski definition) is 0. The first-order chi connectivity index (χ1) is 7.11. The molecule has 1 atom stereocenters. The van der Waals surface area contributed by atoms with Crippen molar-refractivity contribution in [2.24, 2.45) is 0 Å². The molecule has 0 aliphatic heterocycles. The lowest BCUT2D eigenvalue weighted by Gasteiger charge is -2.19. The minimum absolute atomic E-state index is 0.221. The monoisotopic (exact) mass is 227 g/mol. The molecule has 0 aromatic heterocycles. The van der Waals surface area contributed by atoms with E-state index in [-0.39, 0.29) is 6.10 Å². The van der Waals surface area contributed by atoms with Crippen molar-refractivity contribution >= 4 is 11.6 Å². The molecule has 0 fully saturated rings. The van der Waals surface area contributed by atoms with Crippen molar-refractivity contribution in [3.8, 4) is 0 Å². The number of benzene rings is 1. The van der Waals surface area contributed by atoms with Gasteiger partial charge in [0.05, 0.1) is 6.10 Å². The number of likely N-dealkylation sites (N-methyl/N-ethyl adjacent to an activating group) is 1. The summed E-state index contributed by atoms with van der Waals surface area (Å²) in [4.78, 5) is 2.12. The van der Waals surface area contributed by atoms with Gasteiger partial charge in [0.1, 0.15) is 0 Å². The second kappa shape index (κ2) is 6.11. The number of ether oxygens (including phenoxy) is 1. The summed E-state index contributed by atoms with van der Waals surface area (Å²) in [6.45, 7) is 0.920. The SMILES string of the molecule is COC(Cc1cccc(Cl)c1)CN(C)C. The van der Waals surface area contributed by atoms with Gasteiger partial charge in [0, 0.05) is 18.7 Å². The highest BCUT2D eigenvalue weighted by Gasteiger charge is 2.09. The molecule has 1 rings (SSSR count). The van der Waals surface area contributed by atoms with Crippen molar-refractivity contribution in [2.45, 2.75) is 12.5 Å². The van der Waals surface area contributed by atoms with Crippen molar-refractivity contribution in [1.82, 2.24) is 4.90 Å². The summed E-state index contributed by atoms with van der Waals surface area (Å²) in [5.41, 5.74) is 1.22. The lowest BCUT2D eigenvalue weighted by molar-refractivity contribution is 0.0788. The van der Waals surface area contributed by atoms with Crippen molar-refractivity contribution < 1.29 is 4.74 Å². The molecule has 0 saturated heterocycles. The first-order valence-electron chi connectivity index (χ1n) is 5.04. The van der Waals surface area contributed by atoms with Crippen molar-refractivity contribution in [2.75, 3.05) is 27.7 Å². The second-order valence-corrected chi connectivity index (χ2v) is 4.39. The maximum Gasteiger partial charge on any atom is 0.0738 e. The first-order valence-corrected chi connectivity index (χ1v) is 5.41. The Morgan fingerprint density at radius 3 is 2.67 bits per heavy atom. The van der Waals surface area contributed by atoms with Crippen LogP contribution in [0.3, 0.4) is 0 Å². The average Bonchev–Trinajstić information content (AvgIpc) is 2.16. The van der Waals surface area contributed by atoms with Crippen LogP contribution in [-0.4, -0.2) is 38.8 Å². The largest absolute Gasteiger partial charge is 0.380 e. The van der Waals surface area contributed by atoms with Crippen LogP contribution in [0.4, 0.5) is 0 Å². The van der Waals surface area contributed by atoms with Crippen LogP contribution < -0.4 is 0 Å². The second-order valence-electron chi connectivity index (χ2n) is 3.95. The molecule has 1 unspecified atom stereocenters. The Hall–Kier alpha value is -0.570. The summed E-state index contributed by atoms with van der Waals surface area (Å²) in [7, 11) is 5.84. The van der Waals surface area contributed by atoms with Crippen LogP contribution in [0.1, 0.15) is 5.56 Å². The molecule has 0 saturated carbocycles. The maximum absolute atomic E-state index is 5.93. The van der Waals surface area contributed by atoms with Crippen LogP contribution in [0, 0.1) is 0 Å². The molecule has 0 aliphatic rings. The molecule has 1 aromatic rings. The third-order valence-corrected chi connectivity index (χ3v) is 2.49. The standard InChI is InChI=1S/C12H18ClNO/c1-14(2)9-12(15-3)8-10-5-4-6-11(13)7-10/h4-7,12H,8-9H2,1-3H3. The van der Waals surface area contributed by atoms with Gasteiger partial charge in [0.2, 0.25) is 0 Å². The molecular formula is C12H18ClNO. The van der Waals surface area contributed by atoms with E-state index in [1.807, 2.05) is 32.3 Å². The molecule has 1 aromatic carbocycles. The van der Waals surface area contributed by atoms with E-state index in [0.29, 0.717) is 0 Å². The van der Waals surface area contributed by atoms with Crippen LogP contribution in [0.15, 0.2) is 24.3 Å². The summed E-state index contributed by atoms with van der Waals surface area (Å²) in [6.07, 6.45) is 1.12. The van der Waals surface area contributed by atoms with Crippen molar-refractivity contribution in [1.29, 1.82) is 0 Å². The van der Waals surface area contributed by atoms with Gasteiger partial charge in [-0.3, -0.25) is 0 Å². The third-order valence-electron chi connectivity index (χ3n) is 2.25. The molecule has 0 amide bonds. The fourth-order valence-electron chi connectivity index (χ4n) is 1.56. The number of halogens is 1. The van der Waals surface area contributed by atoms with E-state index < -0.39 is 0 Å². The number of rotatable bonds is 5. The molecule has 0 heterocycles. The van der Waals surface area contributed by atoms with Crippen LogP contribution in [0.5, 0.6) is 0 Å². The number of methoxy groups -OCH3 is 1. The minimum Gasteiger partial charge on any atom is -0.380 e. The van der Waals surface area contributed by atoms with Crippen molar-refractivity contribution in [3.05, 3.63) is 34.9 Å². The molecule has 0 bridgehead atoms. The summed E-state index contributed by atoms with van der Waals surface area (Å²) < 4.78 is 5.42. The van der Waals surface area contributed by atoms with Gasteiger partial charge < -0.3 is 9.64 Å². The van der Waals surface area contributed by atoms with Gasteiger partial charge in [-0.15, -0.1) is 0 Å². The molecule has 2 nitrogen and oxygen atoms in total. The zero-order chi connectivity index (χ0) is 11.3. The highest BCUT2D eigenvalue weighted by molar-refractivity contribution is 6.30. The normalized spacial score (nSPS) is 13.1. The van der Waals surface area contributed by atoms with Crippen molar-refractivity contribution in [3.63, 3.8) is 0 Å². The molecule has 0 radical (unpaired) electrons. The summed E-state index contributed by atoms with van der Waals surface area (Å²) >= 11 is 5.93. The third kappa shape index (κ3) is 4.65. The fourth-order valence-corrected chi connectivity index (χ4v) is 1.77. The van der Waals surface area contributed by atoms with Gasteiger partial charge >= 0.3 is 0 Å². The Morgan fingerprint density at radius 2 is 2.13 bits per heavy atom. The Labute approximate surface area is 96.8 Å². The molecular weight excluding hydrogens is 210 g/mol. The topological polar surface area (TPSA) is 12.5 Å². The molecule has 0 spiro atoms. The zero-order valence-electron chi connectivity index (χ0n) is 9.53. The quantitative estimate of drug-likeness (QED) is 0.766. The van der Waals surface area contributed by atoms with E-state index in [1.165, 1.54) is 5.56 Å². The van der Waals surface area contributed by atoms with E-state index in [4.69, 9.17) is 16.3 Å². The molecule has 0 N–H and O–H groups in total. The van der Waals surface area contributed by atoms with E-state index in [9.17, 15) is 0 Å². The first kappa shape index (κ1) is 12.5. The lowest BCUT2D eigenvalue weighted by Crippen LogP contribution is -2.29. The minimum atomic E-state index is 0.221. The summed E-state index contributed by atoms with van der Waals surface area (Å²) in [6, 6.07) is 7.93. The van der Waals surface area contributed by atoms with Crippen LogP contribution >= 0.6 is 11.6 Å². The van der Waals surface area contributed by atoms with Gasteiger partial charge in [0.25, 0.3) is 0 Å². The number of hydrogen-bond acceptors (Lipinski definition) is 2. The Balaban J connectivity index is 2.58. The highest BCUT2D eigenvalue weighted by atomic mass is 35.5. The van der Waals surface area contributed by atoms with Crippen LogP contribution in [-0.2, 0) is 11.2 Å². The summed E-state index contributed by atoms with van der Waals surface area (Å²) in [5.74, 6) is 0. The highest BCUT2D eigenvalue weighted by Crippen LogP contribution is 2.13. The lowest BCUT2D eigenvalue weighted by atomic mass is 10.1. The number of nitrogens with zero attached hydrogens (tertiary/aromatic N) is 1. The molecule has 3 heteroatoms. The van der Waals surface area contributed by atoms with E-state index in [1.54, 1.807) is 7.11 Å². The van der Waals surface area contributed by atoms with E-state index >= 15 is 0 Å². The fraction of sp³-hybridized carbons (Fsp3) is 0.500. The van der Waals surface area contributed by atoms with Gasteiger partial charge in [-0.2, -0.15) is 0 Å². The Morgan fingerprint density at radius 1 is 1.40 bits per heavy atom. The Kier molecular flexibility index (Phi) is 5.09. The molecule has 0 aliphatic carbocycles. The van der Waals surface area contributed by atoms with E-state index in [2.05, 4.69) is 11.0 Å². The van der Waals surface area contributed by atoms with Crippen LogP contribution in [0.25, 0.3) is 0 Å². The molecule has 15 heavy (non-hydrogen) atoms. The predicted octanol–water partition coefficient (Wildman–Crippen LogP) is 2.46. The van der Waals surface area contributed by atoms with Gasteiger partial charge in [0.15, 0.2) is 0 Å². The van der Waals surface area contributed by atoms with E-state index in [0.717, 1.165) is 18.0 Å². The van der Waals surface area contributed by atoms with Gasteiger partial charge in [-0.1, -0.05) is 23.7 Å².